The predicted octanol–water partition coefficient (Wildman–Crippen LogP) is 1.06. The van der Waals surface area contributed by atoms with Gasteiger partial charge in [0.25, 0.3) is 0 Å². The minimum atomic E-state index is -0.517. The van der Waals surface area contributed by atoms with Crippen LogP contribution in [0.1, 0.15) is 29.2 Å². The van der Waals surface area contributed by atoms with Gasteiger partial charge in [-0.2, -0.15) is 0 Å². The van der Waals surface area contributed by atoms with Crippen LogP contribution < -0.4 is 5.73 Å². The fourth-order valence-corrected chi connectivity index (χ4v) is 2.47. The fraction of sp³-hybridized carbons (Fsp3) is 0.429. The topological polar surface area (TPSA) is 63.4 Å². The first-order chi connectivity index (χ1) is 8.40. The molecule has 1 unspecified atom stereocenters. The second-order valence-electron chi connectivity index (χ2n) is 4.97. The number of hydrogen-bond acceptors (Lipinski definition) is 2. The average molecular weight is 246 g/mol. The van der Waals surface area contributed by atoms with Gasteiger partial charge in [-0.05, 0) is 36.1 Å². The molecule has 1 aliphatic heterocycles. The number of aryl methyl sites for hydroxylation is 2. The Hall–Kier alpha value is -1.84. The Labute approximate surface area is 107 Å². The second kappa shape index (κ2) is 4.44. The number of amides is 2. The Morgan fingerprint density at radius 3 is 2.28 bits per heavy atom. The van der Waals surface area contributed by atoms with Crippen LogP contribution >= 0.6 is 0 Å². The second-order valence-corrected chi connectivity index (χ2v) is 4.97. The average Bonchev–Trinajstić information content (AvgIpc) is 2.28. The molecular formula is C14H18N2O2. The van der Waals surface area contributed by atoms with Crippen molar-refractivity contribution in [2.24, 2.45) is 5.73 Å². The maximum absolute atomic E-state index is 11.6. The van der Waals surface area contributed by atoms with E-state index in [4.69, 9.17) is 5.73 Å². The van der Waals surface area contributed by atoms with Crippen LogP contribution in [-0.2, 0) is 22.6 Å². The molecule has 0 fully saturated rings. The summed E-state index contributed by atoms with van der Waals surface area (Å²) in [4.78, 5) is 24.6. The van der Waals surface area contributed by atoms with Gasteiger partial charge in [-0.1, -0.05) is 12.1 Å². The summed E-state index contributed by atoms with van der Waals surface area (Å²) in [6.45, 7) is 6.04. The molecule has 1 aromatic carbocycles. The van der Waals surface area contributed by atoms with E-state index in [1.165, 1.54) is 18.1 Å². The van der Waals surface area contributed by atoms with Gasteiger partial charge in [0.1, 0.15) is 6.04 Å². The Morgan fingerprint density at radius 2 is 1.78 bits per heavy atom. The van der Waals surface area contributed by atoms with Crippen LogP contribution in [0.4, 0.5) is 0 Å². The van der Waals surface area contributed by atoms with Crippen molar-refractivity contribution in [2.75, 3.05) is 0 Å². The normalized spacial score (nSPS) is 18.4. The Bertz CT molecular complexity index is 476. The first kappa shape index (κ1) is 12.6. The largest absolute Gasteiger partial charge is 0.368 e. The molecule has 0 aromatic heterocycles. The molecule has 1 aliphatic rings. The third-order valence-electron chi connectivity index (χ3n) is 3.68. The Morgan fingerprint density at radius 1 is 1.22 bits per heavy atom. The van der Waals surface area contributed by atoms with Crippen molar-refractivity contribution in [2.45, 2.75) is 39.8 Å². The van der Waals surface area contributed by atoms with Gasteiger partial charge in [0.2, 0.25) is 11.8 Å². The van der Waals surface area contributed by atoms with Crippen molar-refractivity contribution in [1.82, 2.24) is 4.90 Å². The Balaban J connectivity index is 2.44. The molecule has 2 N–H and O–H groups in total. The summed E-state index contributed by atoms with van der Waals surface area (Å²) in [5.74, 6) is -0.545. The molecule has 0 radical (unpaired) electrons. The molecule has 1 heterocycles. The van der Waals surface area contributed by atoms with E-state index in [9.17, 15) is 9.59 Å². The molecular weight excluding hydrogens is 228 g/mol. The van der Waals surface area contributed by atoms with Crippen molar-refractivity contribution in [3.63, 3.8) is 0 Å². The molecule has 2 amide bonds. The molecule has 1 aromatic rings. The molecule has 0 bridgehead atoms. The number of nitrogens with two attached hydrogens (primary N) is 1. The van der Waals surface area contributed by atoms with Crippen molar-refractivity contribution in [3.8, 4) is 0 Å². The van der Waals surface area contributed by atoms with E-state index in [-0.39, 0.29) is 5.91 Å². The first-order valence-corrected chi connectivity index (χ1v) is 6.05. The monoisotopic (exact) mass is 246 g/mol. The molecule has 0 saturated carbocycles. The summed E-state index contributed by atoms with van der Waals surface area (Å²) >= 11 is 0. The highest BCUT2D eigenvalue weighted by Gasteiger charge is 2.31. The minimum absolute atomic E-state index is 0.109. The lowest BCUT2D eigenvalue weighted by molar-refractivity contribution is -0.138. The van der Waals surface area contributed by atoms with E-state index in [2.05, 4.69) is 12.1 Å². The van der Waals surface area contributed by atoms with Crippen LogP contribution in [-0.4, -0.2) is 22.8 Å². The molecule has 2 rings (SSSR count). The molecule has 0 spiro atoms. The van der Waals surface area contributed by atoms with E-state index >= 15 is 0 Å². The highest BCUT2D eigenvalue weighted by atomic mass is 16.2. The zero-order valence-corrected chi connectivity index (χ0v) is 11.0. The van der Waals surface area contributed by atoms with Gasteiger partial charge in [-0.3, -0.25) is 9.59 Å². The molecule has 18 heavy (non-hydrogen) atoms. The summed E-state index contributed by atoms with van der Waals surface area (Å²) in [7, 11) is 0. The number of hydrogen-bond donors (Lipinski definition) is 1. The third kappa shape index (κ3) is 2.10. The SMILES string of the molecule is CC(=O)N1Cc2cc(C)c(C)cc2CC1C(N)=O. The minimum Gasteiger partial charge on any atom is -0.368 e. The summed E-state index contributed by atoms with van der Waals surface area (Å²) in [6.07, 6.45) is 0.519. The van der Waals surface area contributed by atoms with E-state index in [0.717, 1.165) is 11.1 Å². The van der Waals surface area contributed by atoms with Gasteiger partial charge in [-0.15, -0.1) is 0 Å². The number of fused-ring (bicyclic) bond motifs is 1. The number of benzene rings is 1. The summed E-state index contributed by atoms with van der Waals surface area (Å²) in [5, 5.41) is 0. The van der Waals surface area contributed by atoms with E-state index in [0.29, 0.717) is 13.0 Å². The van der Waals surface area contributed by atoms with Crippen LogP contribution in [0.15, 0.2) is 12.1 Å². The van der Waals surface area contributed by atoms with Crippen LogP contribution in [0.25, 0.3) is 0 Å². The van der Waals surface area contributed by atoms with Crippen molar-refractivity contribution in [1.29, 1.82) is 0 Å². The number of primary amides is 1. The molecule has 0 aliphatic carbocycles. The summed E-state index contributed by atoms with van der Waals surface area (Å²) < 4.78 is 0. The maximum Gasteiger partial charge on any atom is 0.240 e. The standard InChI is InChI=1S/C14H18N2O2/c1-8-4-11-6-13(14(15)18)16(10(3)17)7-12(11)5-9(8)2/h4-5,13H,6-7H2,1-3H3,(H2,15,18). The zero-order chi connectivity index (χ0) is 13.4. The smallest absolute Gasteiger partial charge is 0.240 e. The maximum atomic E-state index is 11.6. The number of carbonyl (C=O) groups is 2. The van der Waals surface area contributed by atoms with E-state index in [1.54, 1.807) is 4.90 Å². The van der Waals surface area contributed by atoms with Crippen molar-refractivity contribution in [3.05, 3.63) is 34.4 Å². The van der Waals surface area contributed by atoms with Gasteiger partial charge in [-0.25, -0.2) is 0 Å². The lowest BCUT2D eigenvalue weighted by Gasteiger charge is -2.34. The lowest BCUT2D eigenvalue weighted by atomic mass is 9.90. The lowest BCUT2D eigenvalue weighted by Crippen LogP contribution is -2.50. The first-order valence-electron chi connectivity index (χ1n) is 6.05. The van der Waals surface area contributed by atoms with E-state index in [1.807, 2.05) is 13.8 Å². The van der Waals surface area contributed by atoms with Crippen LogP contribution in [0, 0.1) is 13.8 Å². The van der Waals surface area contributed by atoms with Crippen LogP contribution in [0.5, 0.6) is 0 Å². The third-order valence-corrected chi connectivity index (χ3v) is 3.68. The van der Waals surface area contributed by atoms with Gasteiger partial charge in [0.05, 0.1) is 0 Å². The molecule has 1 atom stereocenters. The van der Waals surface area contributed by atoms with Crippen LogP contribution in [0.3, 0.4) is 0 Å². The Kier molecular flexibility index (Phi) is 3.11. The zero-order valence-electron chi connectivity index (χ0n) is 11.0. The number of nitrogens with zero attached hydrogens (tertiary/aromatic N) is 1. The quantitative estimate of drug-likeness (QED) is 0.805. The highest BCUT2D eigenvalue weighted by molar-refractivity contribution is 5.86. The molecule has 4 heteroatoms. The van der Waals surface area contributed by atoms with Gasteiger partial charge in [0, 0.05) is 19.9 Å². The van der Waals surface area contributed by atoms with Crippen LogP contribution in [0.2, 0.25) is 0 Å². The molecule has 96 valence electrons. The van der Waals surface area contributed by atoms with Gasteiger partial charge >= 0.3 is 0 Å². The van der Waals surface area contributed by atoms with E-state index < -0.39 is 11.9 Å². The number of rotatable bonds is 1. The summed E-state index contributed by atoms with van der Waals surface area (Å²) in [6, 6.07) is 3.67. The van der Waals surface area contributed by atoms with Gasteiger partial charge in [0.15, 0.2) is 0 Å². The number of carbonyl (C=O) groups excluding carboxylic acids is 2. The summed E-state index contributed by atoms with van der Waals surface area (Å²) in [5.41, 5.74) is 10.0. The fourth-order valence-electron chi connectivity index (χ4n) is 2.47. The molecule has 4 nitrogen and oxygen atoms in total. The predicted molar refractivity (Wildman–Crippen MR) is 68.8 cm³/mol. The molecule has 0 saturated heterocycles. The van der Waals surface area contributed by atoms with Gasteiger partial charge < -0.3 is 10.6 Å². The van der Waals surface area contributed by atoms with Crippen molar-refractivity contribution < 1.29 is 9.59 Å². The highest BCUT2D eigenvalue weighted by Crippen LogP contribution is 2.26. The van der Waals surface area contributed by atoms with Crippen molar-refractivity contribution >= 4 is 11.8 Å².